The molecule has 1 aliphatic heterocycles. The molecule has 1 fully saturated rings. The lowest BCUT2D eigenvalue weighted by Gasteiger charge is -2.23. The lowest BCUT2D eigenvalue weighted by molar-refractivity contribution is -0.908. The highest BCUT2D eigenvalue weighted by atomic mass is 79.9. The number of aromatic carboxylic acids is 1. The smallest absolute Gasteiger partial charge is 0.137 e. The summed E-state index contributed by atoms with van der Waals surface area (Å²) in [7, 11) is 0. The first-order valence-electron chi connectivity index (χ1n) is 6.22. The number of ether oxygens (including phenoxy) is 2. The van der Waals surface area contributed by atoms with E-state index in [-0.39, 0.29) is 5.56 Å². The highest BCUT2D eigenvalue weighted by Crippen LogP contribution is 2.25. The van der Waals surface area contributed by atoms with Gasteiger partial charge in [-0.2, -0.15) is 0 Å². The molecule has 1 aromatic rings. The van der Waals surface area contributed by atoms with Gasteiger partial charge in [0.15, 0.2) is 0 Å². The molecule has 1 aliphatic rings. The van der Waals surface area contributed by atoms with Gasteiger partial charge in [0.2, 0.25) is 0 Å². The number of hydrogen-bond acceptors (Lipinski definition) is 4. The van der Waals surface area contributed by atoms with Gasteiger partial charge in [-0.25, -0.2) is 0 Å². The Morgan fingerprint density at radius 1 is 1.42 bits per heavy atom. The number of quaternary nitrogens is 1. The predicted octanol–water partition coefficient (Wildman–Crippen LogP) is -0.893. The minimum absolute atomic E-state index is 0.137. The van der Waals surface area contributed by atoms with Crippen molar-refractivity contribution >= 4 is 21.9 Å². The molecule has 1 N–H and O–H groups in total. The first-order valence-corrected chi connectivity index (χ1v) is 7.01. The number of rotatable bonds is 5. The van der Waals surface area contributed by atoms with Crippen molar-refractivity contribution in [3.63, 3.8) is 0 Å². The molecule has 5 nitrogen and oxygen atoms in total. The normalized spacial score (nSPS) is 16.3. The molecule has 0 unspecified atom stereocenters. The lowest BCUT2D eigenvalue weighted by Crippen LogP contribution is -3.14. The molecule has 0 bridgehead atoms. The number of carboxylic acids is 1. The molecule has 0 atom stereocenters. The number of morpholine rings is 1. The third-order valence-corrected chi connectivity index (χ3v) is 3.70. The second-order valence-electron chi connectivity index (χ2n) is 4.39. The molecule has 0 amide bonds. The van der Waals surface area contributed by atoms with Gasteiger partial charge in [-0.15, -0.1) is 0 Å². The van der Waals surface area contributed by atoms with Crippen LogP contribution in [-0.4, -0.2) is 45.4 Å². The molecule has 0 aliphatic carbocycles. The number of hydrogen-bond donors (Lipinski definition) is 1. The topological polar surface area (TPSA) is 63.0 Å². The van der Waals surface area contributed by atoms with Crippen molar-refractivity contribution < 1.29 is 24.3 Å². The molecule has 2 rings (SSSR count). The minimum atomic E-state index is -1.19. The van der Waals surface area contributed by atoms with E-state index in [4.69, 9.17) is 9.47 Å². The van der Waals surface area contributed by atoms with Gasteiger partial charge < -0.3 is 24.3 Å². The van der Waals surface area contributed by atoms with Gasteiger partial charge in [0.25, 0.3) is 0 Å². The van der Waals surface area contributed by atoms with Crippen molar-refractivity contribution in [2.24, 2.45) is 0 Å². The summed E-state index contributed by atoms with van der Waals surface area (Å²) in [5, 5.41) is 10.7. The second-order valence-corrected chi connectivity index (χ2v) is 5.25. The monoisotopic (exact) mass is 329 g/mol. The Hall–Kier alpha value is -1.11. The maximum absolute atomic E-state index is 10.7. The van der Waals surface area contributed by atoms with E-state index in [1.165, 1.54) is 17.0 Å². The van der Waals surface area contributed by atoms with E-state index in [0.717, 1.165) is 32.8 Å². The molecule has 0 radical (unpaired) electrons. The predicted molar refractivity (Wildman–Crippen MR) is 70.4 cm³/mol. The van der Waals surface area contributed by atoms with Crippen LogP contribution in [0.1, 0.15) is 10.4 Å². The molecule has 0 spiro atoms. The van der Waals surface area contributed by atoms with Crippen LogP contribution in [0, 0.1) is 0 Å². The maximum Gasteiger partial charge on any atom is 0.137 e. The van der Waals surface area contributed by atoms with Crippen LogP contribution in [0.3, 0.4) is 0 Å². The first-order chi connectivity index (χ1) is 9.16. The zero-order valence-electron chi connectivity index (χ0n) is 10.5. The summed E-state index contributed by atoms with van der Waals surface area (Å²) in [6, 6.07) is 4.62. The first kappa shape index (κ1) is 14.3. The average molecular weight is 330 g/mol. The Labute approximate surface area is 120 Å². The third kappa shape index (κ3) is 4.19. The van der Waals surface area contributed by atoms with E-state index in [9.17, 15) is 9.90 Å². The number of halogens is 1. The minimum Gasteiger partial charge on any atom is -0.545 e. The SMILES string of the molecule is O=C([O-])c1ccc(OCC[NH+]2CCOCC2)c(Br)c1. The fourth-order valence-corrected chi connectivity index (χ4v) is 2.45. The van der Waals surface area contributed by atoms with Crippen LogP contribution < -0.4 is 14.7 Å². The van der Waals surface area contributed by atoms with Crippen molar-refractivity contribution in [2.45, 2.75) is 0 Å². The van der Waals surface area contributed by atoms with Crippen LogP contribution >= 0.6 is 15.9 Å². The van der Waals surface area contributed by atoms with E-state index < -0.39 is 5.97 Å². The van der Waals surface area contributed by atoms with Crippen molar-refractivity contribution in [2.75, 3.05) is 39.5 Å². The number of carbonyl (C=O) groups excluding carboxylic acids is 1. The van der Waals surface area contributed by atoms with E-state index in [1.54, 1.807) is 6.07 Å². The summed E-state index contributed by atoms with van der Waals surface area (Å²) >= 11 is 3.30. The van der Waals surface area contributed by atoms with Crippen LogP contribution in [0.2, 0.25) is 0 Å². The largest absolute Gasteiger partial charge is 0.545 e. The van der Waals surface area contributed by atoms with Crippen LogP contribution in [0.25, 0.3) is 0 Å². The van der Waals surface area contributed by atoms with E-state index in [2.05, 4.69) is 15.9 Å². The van der Waals surface area contributed by atoms with Gasteiger partial charge in [-0.05, 0) is 39.7 Å². The Morgan fingerprint density at radius 2 is 2.16 bits per heavy atom. The Kier molecular flexibility index (Phi) is 5.18. The Balaban J connectivity index is 1.83. The van der Waals surface area contributed by atoms with Crippen molar-refractivity contribution in [3.05, 3.63) is 28.2 Å². The Bertz CT molecular complexity index is 446. The average Bonchev–Trinajstić information content (AvgIpc) is 2.41. The van der Waals surface area contributed by atoms with Gasteiger partial charge in [0.1, 0.15) is 32.0 Å². The number of carbonyl (C=O) groups is 1. The molecular weight excluding hydrogens is 314 g/mol. The van der Waals surface area contributed by atoms with Crippen LogP contribution in [0.4, 0.5) is 0 Å². The van der Waals surface area contributed by atoms with Gasteiger partial charge in [-0.3, -0.25) is 0 Å². The maximum atomic E-state index is 10.7. The molecule has 0 aromatic heterocycles. The van der Waals surface area contributed by atoms with Gasteiger partial charge >= 0.3 is 0 Å². The van der Waals surface area contributed by atoms with Gasteiger partial charge in [0.05, 0.1) is 23.7 Å². The number of nitrogens with one attached hydrogen (secondary N) is 1. The zero-order valence-corrected chi connectivity index (χ0v) is 12.1. The van der Waals surface area contributed by atoms with Crippen molar-refractivity contribution in [1.82, 2.24) is 0 Å². The molecule has 1 saturated heterocycles. The zero-order chi connectivity index (χ0) is 13.7. The number of carboxylic acid groups (broad SMARTS) is 1. The summed E-state index contributed by atoms with van der Waals surface area (Å²) in [6.45, 7) is 5.14. The molecular formula is C13H16BrNO4. The lowest BCUT2D eigenvalue weighted by atomic mass is 10.2. The van der Waals surface area contributed by atoms with E-state index in [1.807, 2.05) is 0 Å². The molecule has 1 heterocycles. The summed E-state index contributed by atoms with van der Waals surface area (Å²) in [6.07, 6.45) is 0. The van der Waals surface area contributed by atoms with E-state index in [0.29, 0.717) is 16.8 Å². The molecule has 104 valence electrons. The van der Waals surface area contributed by atoms with Crippen molar-refractivity contribution in [3.8, 4) is 5.75 Å². The van der Waals surface area contributed by atoms with Crippen LogP contribution in [0.5, 0.6) is 5.75 Å². The van der Waals surface area contributed by atoms with Crippen molar-refractivity contribution in [1.29, 1.82) is 0 Å². The fourth-order valence-electron chi connectivity index (χ4n) is 1.96. The summed E-state index contributed by atoms with van der Waals surface area (Å²) in [5.74, 6) is -0.539. The standard InChI is InChI=1S/C13H16BrNO4/c14-11-9-10(13(16)17)1-2-12(11)19-8-5-15-3-6-18-7-4-15/h1-2,9H,3-8H2,(H,16,17). The summed E-state index contributed by atoms with van der Waals surface area (Å²) < 4.78 is 11.6. The Morgan fingerprint density at radius 3 is 2.79 bits per heavy atom. The van der Waals surface area contributed by atoms with Crippen LogP contribution in [-0.2, 0) is 4.74 Å². The highest BCUT2D eigenvalue weighted by molar-refractivity contribution is 9.10. The summed E-state index contributed by atoms with van der Waals surface area (Å²) in [4.78, 5) is 12.2. The molecule has 0 saturated carbocycles. The highest BCUT2D eigenvalue weighted by Gasteiger charge is 2.13. The molecule has 19 heavy (non-hydrogen) atoms. The fraction of sp³-hybridized carbons (Fsp3) is 0.462. The number of benzene rings is 1. The molecule has 6 heteroatoms. The second kappa shape index (κ2) is 6.88. The quantitative estimate of drug-likeness (QED) is 0.761. The van der Waals surface area contributed by atoms with Crippen LogP contribution in [0.15, 0.2) is 22.7 Å². The van der Waals surface area contributed by atoms with Gasteiger partial charge in [0, 0.05) is 0 Å². The molecule has 1 aromatic carbocycles. The van der Waals surface area contributed by atoms with E-state index >= 15 is 0 Å². The summed E-state index contributed by atoms with van der Waals surface area (Å²) in [5.41, 5.74) is 0.137. The van der Waals surface area contributed by atoms with Gasteiger partial charge in [-0.1, -0.05) is 0 Å². The third-order valence-electron chi connectivity index (χ3n) is 3.08.